The maximum Gasteiger partial charge on any atom is 0.416 e. The highest BCUT2D eigenvalue weighted by atomic mass is 32.1. The number of rotatable bonds is 10. The van der Waals surface area contributed by atoms with E-state index in [0.717, 1.165) is 12.1 Å². The molecule has 7 nitrogen and oxygen atoms in total. The summed E-state index contributed by atoms with van der Waals surface area (Å²) in [5, 5.41) is 9.12. The number of thiocarbonyl (C=S) groups is 1. The third-order valence-electron chi connectivity index (χ3n) is 5.77. The van der Waals surface area contributed by atoms with Crippen molar-refractivity contribution in [2.45, 2.75) is 38.8 Å². The van der Waals surface area contributed by atoms with Gasteiger partial charge in [0.05, 0.1) is 5.56 Å². The fourth-order valence-electron chi connectivity index (χ4n) is 3.52. The van der Waals surface area contributed by atoms with Crippen LogP contribution in [0, 0.1) is 0 Å². The first kappa shape index (κ1) is 29.5. The molecule has 4 aromatic rings. The Morgan fingerprint density at radius 2 is 1.51 bits per heavy atom. The van der Waals surface area contributed by atoms with Crippen LogP contribution in [0.15, 0.2) is 89.3 Å². The van der Waals surface area contributed by atoms with Gasteiger partial charge in [0.25, 0.3) is 0 Å². The van der Waals surface area contributed by atoms with Crippen molar-refractivity contribution in [2.75, 3.05) is 0 Å². The molecule has 0 bridgehead atoms. The summed E-state index contributed by atoms with van der Waals surface area (Å²) in [6, 6.07) is 21.4. The molecule has 0 spiro atoms. The van der Waals surface area contributed by atoms with Crippen LogP contribution < -0.4 is 14.2 Å². The van der Waals surface area contributed by atoms with Gasteiger partial charge in [0.15, 0.2) is 5.60 Å². The van der Waals surface area contributed by atoms with Crippen molar-refractivity contribution < 1.29 is 46.4 Å². The molecule has 41 heavy (non-hydrogen) atoms. The lowest BCUT2D eigenvalue weighted by Gasteiger charge is -2.21. The number of para-hydroxylation sites is 1. The zero-order chi connectivity index (χ0) is 29.6. The van der Waals surface area contributed by atoms with Crippen LogP contribution in [0.1, 0.15) is 30.7 Å². The molecule has 3 aromatic carbocycles. The van der Waals surface area contributed by atoms with E-state index in [4.69, 9.17) is 35.6 Å². The van der Waals surface area contributed by atoms with Gasteiger partial charge in [-0.05, 0) is 68.4 Å². The number of carboxylic acids is 1. The molecule has 1 heterocycles. The van der Waals surface area contributed by atoms with Gasteiger partial charge in [-0.15, -0.1) is 0 Å². The van der Waals surface area contributed by atoms with Crippen LogP contribution >= 0.6 is 12.2 Å². The molecule has 214 valence electrons. The minimum atomic E-state index is -4.46. The number of furan rings is 1. The number of halogens is 3. The van der Waals surface area contributed by atoms with E-state index in [0.29, 0.717) is 39.9 Å². The zero-order valence-electron chi connectivity index (χ0n) is 21.9. The standard InChI is InChI=1S/C30H25F3O7S/c1-29(2,27(34)35)40-24-14-12-22(13-15-24)36-18-26-20(17-37-28(41)38-23-6-4-3-5-7-23)16-25(39-26)19-8-10-21(11-9-19)30(31,32)33/h3-16H,17-18H2,1-2H3,(H,34,35). The number of alkyl halides is 3. The van der Waals surface area contributed by atoms with Crippen LogP contribution in [0.5, 0.6) is 17.2 Å². The SMILES string of the molecule is CC(C)(Oc1ccc(OCc2oc(-c3ccc(C(F)(F)F)cc3)cc2COC(=S)Oc2ccccc2)cc1)C(=O)O. The number of hydrogen-bond donors (Lipinski definition) is 1. The fourth-order valence-corrected chi connectivity index (χ4v) is 3.67. The molecule has 0 saturated carbocycles. The summed E-state index contributed by atoms with van der Waals surface area (Å²) in [7, 11) is 0. The van der Waals surface area contributed by atoms with Gasteiger partial charge in [0.1, 0.15) is 42.0 Å². The molecular weight excluding hydrogens is 561 g/mol. The van der Waals surface area contributed by atoms with Gasteiger partial charge >= 0.3 is 17.4 Å². The van der Waals surface area contributed by atoms with Crippen molar-refractivity contribution in [2.24, 2.45) is 0 Å². The van der Waals surface area contributed by atoms with Crippen LogP contribution in [0.2, 0.25) is 0 Å². The Hall–Kier alpha value is -4.51. The van der Waals surface area contributed by atoms with Crippen LogP contribution in [0.25, 0.3) is 11.3 Å². The van der Waals surface area contributed by atoms with Crippen molar-refractivity contribution in [1.82, 2.24) is 0 Å². The van der Waals surface area contributed by atoms with Gasteiger partial charge in [-0.25, -0.2) is 4.79 Å². The Balaban J connectivity index is 1.49. The minimum Gasteiger partial charge on any atom is -0.486 e. The average Bonchev–Trinajstić information content (AvgIpc) is 3.34. The number of hydrogen-bond acceptors (Lipinski definition) is 7. The third-order valence-corrected chi connectivity index (χ3v) is 5.97. The van der Waals surface area contributed by atoms with E-state index in [9.17, 15) is 23.1 Å². The first-order valence-electron chi connectivity index (χ1n) is 12.2. The summed E-state index contributed by atoms with van der Waals surface area (Å²) in [5.74, 6) is 0.835. The third kappa shape index (κ3) is 8.01. The first-order chi connectivity index (χ1) is 19.4. The van der Waals surface area contributed by atoms with Crippen LogP contribution in [0.3, 0.4) is 0 Å². The maximum absolute atomic E-state index is 13.0. The number of carbonyl (C=O) groups is 1. The lowest BCUT2D eigenvalue weighted by molar-refractivity contribution is -0.152. The minimum absolute atomic E-state index is 0.0492. The van der Waals surface area contributed by atoms with Crippen LogP contribution in [-0.2, 0) is 28.9 Å². The van der Waals surface area contributed by atoms with E-state index in [1.807, 2.05) is 6.07 Å². The summed E-state index contributed by atoms with van der Waals surface area (Å²) >= 11 is 5.17. The second kappa shape index (κ2) is 12.3. The highest BCUT2D eigenvalue weighted by Gasteiger charge is 2.30. The predicted octanol–water partition coefficient (Wildman–Crippen LogP) is 7.67. The summed E-state index contributed by atoms with van der Waals surface area (Å²) < 4.78 is 67.4. The van der Waals surface area contributed by atoms with E-state index in [2.05, 4.69) is 0 Å². The van der Waals surface area contributed by atoms with Crippen molar-refractivity contribution in [3.63, 3.8) is 0 Å². The molecule has 1 N–H and O–H groups in total. The molecule has 0 amide bonds. The van der Waals surface area contributed by atoms with Gasteiger partial charge in [-0.3, -0.25) is 0 Å². The Kier molecular flexibility index (Phi) is 8.87. The molecule has 0 saturated heterocycles. The molecule has 0 atom stereocenters. The van der Waals surface area contributed by atoms with E-state index in [-0.39, 0.29) is 18.5 Å². The molecular formula is C30H25F3O7S. The second-order valence-corrected chi connectivity index (χ2v) is 9.60. The van der Waals surface area contributed by atoms with E-state index >= 15 is 0 Å². The largest absolute Gasteiger partial charge is 0.486 e. The predicted molar refractivity (Wildman–Crippen MR) is 147 cm³/mol. The number of ether oxygens (including phenoxy) is 4. The van der Waals surface area contributed by atoms with Crippen molar-refractivity contribution >= 4 is 23.4 Å². The van der Waals surface area contributed by atoms with Crippen molar-refractivity contribution in [3.05, 3.63) is 102 Å². The monoisotopic (exact) mass is 586 g/mol. The van der Waals surface area contributed by atoms with E-state index in [1.54, 1.807) is 54.6 Å². The second-order valence-electron chi connectivity index (χ2n) is 9.27. The smallest absolute Gasteiger partial charge is 0.416 e. The summed E-state index contributed by atoms with van der Waals surface area (Å²) in [4.78, 5) is 11.3. The molecule has 0 unspecified atom stereocenters. The molecule has 0 aliphatic heterocycles. The molecule has 0 radical (unpaired) electrons. The Morgan fingerprint density at radius 3 is 2.12 bits per heavy atom. The highest BCUT2D eigenvalue weighted by molar-refractivity contribution is 7.79. The molecule has 4 rings (SSSR count). The lowest BCUT2D eigenvalue weighted by atomic mass is 10.1. The van der Waals surface area contributed by atoms with Gasteiger partial charge < -0.3 is 28.5 Å². The zero-order valence-corrected chi connectivity index (χ0v) is 22.8. The fraction of sp³-hybridized carbons (Fsp3) is 0.200. The Labute approximate surface area is 239 Å². The molecule has 0 fully saturated rings. The summed E-state index contributed by atoms with van der Waals surface area (Å²) in [6.07, 6.45) is -4.46. The first-order valence-corrected chi connectivity index (χ1v) is 12.7. The van der Waals surface area contributed by atoms with Gasteiger partial charge in [0, 0.05) is 23.3 Å². The molecule has 0 aliphatic carbocycles. The van der Waals surface area contributed by atoms with Crippen molar-refractivity contribution in [1.29, 1.82) is 0 Å². The topological polar surface area (TPSA) is 87.4 Å². The Morgan fingerprint density at radius 1 is 0.878 bits per heavy atom. The van der Waals surface area contributed by atoms with E-state index < -0.39 is 23.3 Å². The van der Waals surface area contributed by atoms with Crippen LogP contribution in [-0.4, -0.2) is 21.9 Å². The average molecular weight is 587 g/mol. The van der Waals surface area contributed by atoms with Crippen molar-refractivity contribution in [3.8, 4) is 28.6 Å². The normalized spacial score (nSPS) is 11.5. The number of benzene rings is 3. The number of carboxylic acid groups (broad SMARTS) is 1. The Bertz CT molecular complexity index is 1480. The quantitative estimate of drug-likeness (QED) is 0.190. The lowest BCUT2D eigenvalue weighted by Crippen LogP contribution is -2.37. The summed E-state index contributed by atoms with van der Waals surface area (Å²) in [6.45, 7) is 2.77. The van der Waals surface area contributed by atoms with Gasteiger partial charge in [0.2, 0.25) is 0 Å². The van der Waals surface area contributed by atoms with Gasteiger partial charge in [-0.2, -0.15) is 13.2 Å². The van der Waals surface area contributed by atoms with Gasteiger partial charge in [-0.1, -0.05) is 30.3 Å². The molecule has 0 aliphatic rings. The highest BCUT2D eigenvalue weighted by Crippen LogP contribution is 2.33. The molecule has 11 heteroatoms. The van der Waals surface area contributed by atoms with Crippen LogP contribution in [0.4, 0.5) is 13.2 Å². The number of aliphatic carboxylic acids is 1. The molecule has 1 aromatic heterocycles. The van der Waals surface area contributed by atoms with E-state index in [1.165, 1.54) is 26.0 Å². The maximum atomic E-state index is 13.0. The summed E-state index contributed by atoms with van der Waals surface area (Å²) in [5.41, 5.74) is -1.22.